The number of nitrogens with one attached hydrogen (secondary N) is 1. The molecule has 2 aromatic carbocycles. The van der Waals surface area contributed by atoms with Gasteiger partial charge in [0.1, 0.15) is 11.5 Å². The number of rotatable bonds is 10. The maximum absolute atomic E-state index is 13.1. The molecule has 0 fully saturated rings. The molecule has 0 aliphatic heterocycles. The largest absolute Gasteiger partial charge is 0.457 e. The highest BCUT2D eigenvalue weighted by Crippen LogP contribution is 2.22. The fourth-order valence-corrected chi connectivity index (χ4v) is 4.06. The SMILES string of the molecule is CCCCCn1c(=O)n(CCCc2cccc(Oc3ccccc3)c2)c(=O)c2[nH]c(Cl)nc21. The Hall–Kier alpha value is -3.32. The molecule has 4 aromatic rings. The topological polar surface area (TPSA) is 81.9 Å². The Morgan fingerprint density at radius 3 is 2.48 bits per heavy atom. The predicted molar refractivity (Wildman–Crippen MR) is 130 cm³/mol. The lowest BCUT2D eigenvalue weighted by molar-refractivity contribution is 0.481. The Kier molecular flexibility index (Phi) is 7.29. The van der Waals surface area contributed by atoms with Gasteiger partial charge < -0.3 is 9.72 Å². The van der Waals surface area contributed by atoms with E-state index in [-0.39, 0.29) is 22.0 Å². The Morgan fingerprint density at radius 2 is 1.70 bits per heavy atom. The van der Waals surface area contributed by atoms with Crippen LogP contribution in [0, 0.1) is 0 Å². The van der Waals surface area contributed by atoms with E-state index < -0.39 is 0 Å². The van der Waals surface area contributed by atoms with Gasteiger partial charge in [-0.2, -0.15) is 4.98 Å². The summed E-state index contributed by atoms with van der Waals surface area (Å²) in [7, 11) is 0. The maximum atomic E-state index is 13.1. The molecule has 0 aliphatic carbocycles. The summed E-state index contributed by atoms with van der Waals surface area (Å²) in [5.41, 5.74) is 0.947. The summed E-state index contributed by atoms with van der Waals surface area (Å²) in [5.74, 6) is 1.53. The molecule has 1 N–H and O–H groups in total. The van der Waals surface area contributed by atoms with Crippen molar-refractivity contribution in [3.63, 3.8) is 0 Å². The Balaban J connectivity index is 1.51. The molecule has 0 amide bonds. The quantitative estimate of drug-likeness (QED) is 0.258. The van der Waals surface area contributed by atoms with Crippen LogP contribution in [-0.2, 0) is 19.5 Å². The van der Waals surface area contributed by atoms with Crippen molar-refractivity contribution in [1.82, 2.24) is 19.1 Å². The molecule has 0 atom stereocenters. The van der Waals surface area contributed by atoms with Crippen LogP contribution in [0.15, 0.2) is 64.2 Å². The van der Waals surface area contributed by atoms with Crippen LogP contribution >= 0.6 is 11.6 Å². The molecule has 2 heterocycles. The summed E-state index contributed by atoms with van der Waals surface area (Å²) >= 11 is 6.01. The van der Waals surface area contributed by atoms with E-state index in [1.807, 2.05) is 54.6 Å². The van der Waals surface area contributed by atoms with Crippen molar-refractivity contribution < 1.29 is 4.74 Å². The molecule has 0 radical (unpaired) electrons. The molecule has 0 spiro atoms. The second-order valence-electron chi connectivity index (χ2n) is 7.99. The third-order valence-electron chi connectivity index (χ3n) is 5.54. The number of hydrogen-bond acceptors (Lipinski definition) is 4. The Labute approximate surface area is 196 Å². The summed E-state index contributed by atoms with van der Waals surface area (Å²) in [6.45, 7) is 2.91. The van der Waals surface area contributed by atoms with Crippen LogP contribution in [0.2, 0.25) is 5.28 Å². The highest BCUT2D eigenvalue weighted by Gasteiger charge is 2.16. The molecule has 172 valence electrons. The number of unbranched alkanes of at least 4 members (excludes halogenated alkanes) is 2. The number of aromatic nitrogens is 4. The average molecular weight is 467 g/mol. The van der Waals surface area contributed by atoms with Crippen LogP contribution in [0.3, 0.4) is 0 Å². The van der Waals surface area contributed by atoms with E-state index in [2.05, 4.69) is 16.9 Å². The van der Waals surface area contributed by atoms with Crippen LogP contribution in [0.25, 0.3) is 11.2 Å². The predicted octanol–water partition coefficient (Wildman–Crippen LogP) is 5.16. The van der Waals surface area contributed by atoms with Crippen LogP contribution in [0.1, 0.15) is 38.2 Å². The highest BCUT2D eigenvalue weighted by molar-refractivity contribution is 6.28. The standard InChI is InChI=1S/C25H27ClN4O3/c1-2-3-7-15-29-22-21(27-24(26)28-22)23(31)30(25(29)32)16-9-11-18-10-8-14-20(17-18)33-19-12-5-4-6-13-19/h4-6,8,10,12-14,17H,2-3,7,9,11,15-16H2,1H3,(H,27,28). The number of H-pyrrole nitrogens is 1. The van der Waals surface area contributed by atoms with Crippen molar-refractivity contribution in [3.05, 3.63) is 86.3 Å². The number of halogens is 1. The lowest BCUT2D eigenvalue weighted by Gasteiger charge is -2.11. The van der Waals surface area contributed by atoms with E-state index in [4.69, 9.17) is 16.3 Å². The zero-order valence-electron chi connectivity index (χ0n) is 18.6. The minimum absolute atomic E-state index is 0.110. The molecular formula is C25H27ClN4O3. The molecule has 4 rings (SSSR count). The molecule has 0 bridgehead atoms. The van der Waals surface area contributed by atoms with Crippen LogP contribution < -0.4 is 16.0 Å². The van der Waals surface area contributed by atoms with Gasteiger partial charge in [-0.15, -0.1) is 0 Å². The van der Waals surface area contributed by atoms with Crippen molar-refractivity contribution in [2.24, 2.45) is 0 Å². The van der Waals surface area contributed by atoms with E-state index in [9.17, 15) is 9.59 Å². The second-order valence-corrected chi connectivity index (χ2v) is 8.35. The summed E-state index contributed by atoms with van der Waals surface area (Å²) in [6.07, 6.45) is 4.20. The lowest BCUT2D eigenvalue weighted by atomic mass is 10.1. The van der Waals surface area contributed by atoms with Gasteiger partial charge in [0.2, 0.25) is 5.28 Å². The third-order valence-corrected chi connectivity index (χ3v) is 5.72. The number of benzene rings is 2. The monoisotopic (exact) mass is 466 g/mol. The van der Waals surface area contributed by atoms with Crippen molar-refractivity contribution in [1.29, 1.82) is 0 Å². The summed E-state index contributed by atoms with van der Waals surface area (Å²) in [5, 5.41) is 0.110. The fourth-order valence-electron chi connectivity index (χ4n) is 3.89. The van der Waals surface area contributed by atoms with Gasteiger partial charge in [-0.3, -0.25) is 13.9 Å². The van der Waals surface area contributed by atoms with E-state index >= 15 is 0 Å². The van der Waals surface area contributed by atoms with Gasteiger partial charge >= 0.3 is 5.69 Å². The Morgan fingerprint density at radius 1 is 0.939 bits per heavy atom. The summed E-state index contributed by atoms with van der Waals surface area (Å²) < 4.78 is 8.75. The first-order chi connectivity index (χ1) is 16.1. The van der Waals surface area contributed by atoms with Gasteiger partial charge in [-0.1, -0.05) is 50.1 Å². The first-order valence-corrected chi connectivity index (χ1v) is 11.7. The molecule has 2 aromatic heterocycles. The number of ether oxygens (including phenoxy) is 1. The van der Waals surface area contributed by atoms with E-state index in [0.29, 0.717) is 31.6 Å². The highest BCUT2D eigenvalue weighted by atomic mass is 35.5. The summed E-state index contributed by atoms with van der Waals surface area (Å²) in [4.78, 5) is 33.0. The molecule has 0 saturated carbocycles. The van der Waals surface area contributed by atoms with E-state index in [0.717, 1.165) is 36.3 Å². The zero-order valence-corrected chi connectivity index (χ0v) is 19.3. The molecule has 8 heteroatoms. The molecule has 7 nitrogen and oxygen atoms in total. The van der Waals surface area contributed by atoms with E-state index in [1.54, 1.807) is 4.57 Å². The fraction of sp³-hybridized carbons (Fsp3) is 0.320. The van der Waals surface area contributed by atoms with Gasteiger partial charge in [0.25, 0.3) is 5.56 Å². The van der Waals surface area contributed by atoms with Gasteiger partial charge in [-0.25, -0.2) is 4.79 Å². The van der Waals surface area contributed by atoms with Gasteiger partial charge in [0.05, 0.1) is 0 Å². The number of imidazole rings is 1. The minimum Gasteiger partial charge on any atom is -0.457 e. The van der Waals surface area contributed by atoms with Crippen molar-refractivity contribution in [2.45, 2.75) is 52.1 Å². The first kappa shape index (κ1) is 22.9. The number of nitrogens with zero attached hydrogens (tertiary/aromatic N) is 3. The van der Waals surface area contributed by atoms with Crippen LogP contribution in [-0.4, -0.2) is 19.1 Å². The lowest BCUT2D eigenvalue weighted by Crippen LogP contribution is -2.40. The molecule has 0 saturated heterocycles. The number of hydrogen-bond donors (Lipinski definition) is 1. The number of aryl methyl sites for hydroxylation is 2. The van der Waals surface area contributed by atoms with Crippen molar-refractivity contribution in [2.75, 3.05) is 0 Å². The van der Waals surface area contributed by atoms with Gasteiger partial charge in [-0.05, 0) is 60.7 Å². The van der Waals surface area contributed by atoms with Gasteiger partial charge in [0, 0.05) is 13.1 Å². The number of para-hydroxylation sites is 1. The molecule has 33 heavy (non-hydrogen) atoms. The molecular weight excluding hydrogens is 440 g/mol. The van der Waals surface area contributed by atoms with Crippen LogP contribution in [0.5, 0.6) is 11.5 Å². The smallest absolute Gasteiger partial charge is 0.332 e. The molecule has 0 unspecified atom stereocenters. The third kappa shape index (κ3) is 5.37. The average Bonchev–Trinajstić information content (AvgIpc) is 3.21. The second kappa shape index (κ2) is 10.5. The van der Waals surface area contributed by atoms with Crippen LogP contribution in [0.4, 0.5) is 0 Å². The molecule has 0 aliphatic rings. The first-order valence-electron chi connectivity index (χ1n) is 11.3. The van der Waals surface area contributed by atoms with Crippen molar-refractivity contribution in [3.8, 4) is 11.5 Å². The minimum atomic E-state index is -0.387. The Bertz CT molecular complexity index is 1340. The van der Waals surface area contributed by atoms with Gasteiger partial charge in [0.15, 0.2) is 11.2 Å². The van der Waals surface area contributed by atoms with Crippen molar-refractivity contribution >= 4 is 22.8 Å². The zero-order chi connectivity index (χ0) is 23.2. The summed E-state index contributed by atoms with van der Waals surface area (Å²) in [6, 6.07) is 17.5. The normalized spacial score (nSPS) is 11.2. The number of aromatic amines is 1. The number of fused-ring (bicyclic) bond motifs is 1. The maximum Gasteiger partial charge on any atom is 0.332 e. The van der Waals surface area contributed by atoms with E-state index in [1.165, 1.54) is 4.57 Å².